The molecule has 1 heterocycles. The van der Waals surface area contributed by atoms with Crippen molar-refractivity contribution >= 4 is 39.3 Å². The van der Waals surface area contributed by atoms with Crippen LogP contribution < -0.4 is 0 Å². The van der Waals surface area contributed by atoms with Crippen LogP contribution in [-0.2, 0) is 0 Å². The Labute approximate surface area is 128 Å². The van der Waals surface area contributed by atoms with Crippen LogP contribution >= 0.6 is 39.3 Å². The van der Waals surface area contributed by atoms with E-state index in [0.29, 0.717) is 5.41 Å². The van der Waals surface area contributed by atoms with Crippen molar-refractivity contribution in [2.45, 2.75) is 44.6 Å². The number of thioether (sulfide) groups is 1. The predicted molar refractivity (Wildman–Crippen MR) is 86.0 cm³/mol. The fourth-order valence-electron chi connectivity index (χ4n) is 2.20. The van der Waals surface area contributed by atoms with Gasteiger partial charge in [0.25, 0.3) is 0 Å². The maximum absolute atomic E-state index is 6.16. The fraction of sp³-hybridized carbons (Fsp3) is 0.643. The van der Waals surface area contributed by atoms with Crippen LogP contribution in [0.1, 0.15) is 39.5 Å². The minimum atomic E-state index is 0.370. The first-order chi connectivity index (χ1) is 8.67. The lowest BCUT2D eigenvalue weighted by molar-refractivity contribution is 0.320. The standard InChI is InChI=1S/C14H21BrClNS/c1-3-7-14(10-15,8-4-2)11-18-13-12(16)6-5-9-17-13/h5-6,9H,3-4,7-8,10-11H2,1-2H3. The second-order valence-corrected chi connectivity index (χ2v) is 6.64. The van der Waals surface area contributed by atoms with Crippen LogP contribution in [0, 0.1) is 5.41 Å². The molecule has 0 saturated carbocycles. The summed E-state index contributed by atoms with van der Waals surface area (Å²) >= 11 is 11.6. The first-order valence-electron chi connectivity index (χ1n) is 6.46. The summed E-state index contributed by atoms with van der Waals surface area (Å²) in [5, 5.41) is 2.77. The number of rotatable bonds is 8. The number of alkyl halides is 1. The Morgan fingerprint density at radius 3 is 2.50 bits per heavy atom. The molecule has 1 nitrogen and oxygen atoms in total. The molecule has 0 aliphatic carbocycles. The molecule has 0 saturated heterocycles. The SMILES string of the molecule is CCCC(CBr)(CCC)CSc1ncccc1Cl. The Balaban J connectivity index is 2.69. The number of aromatic nitrogens is 1. The summed E-state index contributed by atoms with van der Waals surface area (Å²) in [5.41, 5.74) is 0.370. The van der Waals surface area contributed by atoms with Crippen LogP contribution in [0.3, 0.4) is 0 Å². The summed E-state index contributed by atoms with van der Waals surface area (Å²) in [7, 11) is 0. The highest BCUT2D eigenvalue weighted by Crippen LogP contribution is 2.38. The number of pyridine rings is 1. The second-order valence-electron chi connectivity index (χ2n) is 4.71. The molecule has 1 aromatic heterocycles. The van der Waals surface area contributed by atoms with Gasteiger partial charge < -0.3 is 0 Å². The van der Waals surface area contributed by atoms with Crippen molar-refractivity contribution < 1.29 is 0 Å². The summed E-state index contributed by atoms with van der Waals surface area (Å²) < 4.78 is 0. The molecule has 0 aromatic carbocycles. The van der Waals surface area contributed by atoms with E-state index in [4.69, 9.17) is 11.6 Å². The largest absolute Gasteiger partial charge is 0.248 e. The molecular formula is C14H21BrClNS. The van der Waals surface area contributed by atoms with Gasteiger partial charge in [0.1, 0.15) is 5.03 Å². The average Bonchev–Trinajstić information content (AvgIpc) is 2.38. The molecule has 0 fully saturated rings. The third-order valence-corrected chi connectivity index (χ3v) is 6.05. The third kappa shape index (κ3) is 4.75. The van der Waals surface area contributed by atoms with Crippen LogP contribution in [-0.4, -0.2) is 16.1 Å². The van der Waals surface area contributed by atoms with Crippen LogP contribution in [0.25, 0.3) is 0 Å². The molecule has 0 aliphatic heterocycles. The predicted octanol–water partition coefficient (Wildman–Crippen LogP) is 5.81. The molecular weight excluding hydrogens is 330 g/mol. The Bertz CT molecular complexity index is 353. The van der Waals surface area contributed by atoms with Crippen LogP contribution in [0.15, 0.2) is 23.4 Å². The van der Waals surface area contributed by atoms with Gasteiger partial charge in [-0.15, -0.1) is 11.8 Å². The van der Waals surface area contributed by atoms with E-state index in [9.17, 15) is 0 Å². The quantitative estimate of drug-likeness (QED) is 0.433. The first-order valence-corrected chi connectivity index (χ1v) is 8.95. The van der Waals surface area contributed by atoms with E-state index in [1.807, 2.05) is 18.3 Å². The Morgan fingerprint density at radius 1 is 1.33 bits per heavy atom. The summed E-state index contributed by atoms with van der Waals surface area (Å²) in [4.78, 5) is 4.35. The summed E-state index contributed by atoms with van der Waals surface area (Å²) in [6, 6.07) is 3.79. The first kappa shape index (κ1) is 16.3. The van der Waals surface area contributed by atoms with Gasteiger partial charge in [-0.05, 0) is 30.4 Å². The number of hydrogen-bond donors (Lipinski definition) is 0. The van der Waals surface area contributed by atoms with E-state index in [2.05, 4.69) is 34.8 Å². The van der Waals surface area contributed by atoms with E-state index < -0.39 is 0 Å². The fourth-order valence-corrected chi connectivity index (χ4v) is 4.68. The maximum Gasteiger partial charge on any atom is 0.115 e. The molecule has 0 spiro atoms. The van der Waals surface area contributed by atoms with Crippen molar-refractivity contribution in [3.8, 4) is 0 Å². The molecule has 0 N–H and O–H groups in total. The van der Waals surface area contributed by atoms with E-state index in [0.717, 1.165) is 21.1 Å². The second kappa shape index (κ2) is 8.44. The zero-order valence-electron chi connectivity index (χ0n) is 11.1. The van der Waals surface area contributed by atoms with Gasteiger partial charge in [-0.3, -0.25) is 0 Å². The molecule has 0 amide bonds. The zero-order valence-corrected chi connectivity index (χ0v) is 14.2. The smallest absolute Gasteiger partial charge is 0.115 e. The van der Waals surface area contributed by atoms with Gasteiger partial charge in [0.15, 0.2) is 0 Å². The Morgan fingerprint density at radius 2 is 2.00 bits per heavy atom. The molecule has 0 radical (unpaired) electrons. The number of nitrogens with zero attached hydrogens (tertiary/aromatic N) is 1. The lowest BCUT2D eigenvalue weighted by Crippen LogP contribution is -2.25. The highest BCUT2D eigenvalue weighted by Gasteiger charge is 2.27. The topological polar surface area (TPSA) is 12.9 Å². The van der Waals surface area contributed by atoms with Crippen molar-refractivity contribution in [3.05, 3.63) is 23.4 Å². The molecule has 102 valence electrons. The van der Waals surface area contributed by atoms with Crippen LogP contribution in [0.2, 0.25) is 5.02 Å². The van der Waals surface area contributed by atoms with E-state index in [1.165, 1.54) is 25.7 Å². The number of halogens is 2. The number of hydrogen-bond acceptors (Lipinski definition) is 2. The third-order valence-electron chi connectivity index (χ3n) is 3.08. The van der Waals surface area contributed by atoms with Gasteiger partial charge >= 0.3 is 0 Å². The molecule has 0 aliphatic rings. The van der Waals surface area contributed by atoms with Crippen molar-refractivity contribution in [1.82, 2.24) is 4.98 Å². The Kier molecular flexibility index (Phi) is 7.66. The average molecular weight is 351 g/mol. The molecule has 1 rings (SSSR count). The van der Waals surface area contributed by atoms with Gasteiger partial charge in [-0.1, -0.05) is 54.2 Å². The van der Waals surface area contributed by atoms with Gasteiger partial charge in [0, 0.05) is 17.3 Å². The lowest BCUT2D eigenvalue weighted by Gasteiger charge is -2.31. The van der Waals surface area contributed by atoms with Gasteiger partial charge in [-0.25, -0.2) is 4.98 Å². The molecule has 0 unspecified atom stereocenters. The van der Waals surface area contributed by atoms with Crippen LogP contribution in [0.5, 0.6) is 0 Å². The highest BCUT2D eigenvalue weighted by atomic mass is 79.9. The maximum atomic E-state index is 6.16. The summed E-state index contributed by atoms with van der Waals surface area (Å²) in [6.07, 6.45) is 6.76. The van der Waals surface area contributed by atoms with Gasteiger partial charge in [-0.2, -0.15) is 0 Å². The summed E-state index contributed by atoms with van der Waals surface area (Å²) in [6.45, 7) is 4.51. The van der Waals surface area contributed by atoms with E-state index >= 15 is 0 Å². The molecule has 4 heteroatoms. The van der Waals surface area contributed by atoms with Crippen LogP contribution in [0.4, 0.5) is 0 Å². The molecule has 18 heavy (non-hydrogen) atoms. The van der Waals surface area contributed by atoms with E-state index in [-0.39, 0.29) is 0 Å². The minimum Gasteiger partial charge on any atom is -0.248 e. The molecule has 0 atom stereocenters. The Hall–Kier alpha value is 0.270. The zero-order chi connectivity index (χ0) is 13.4. The normalized spacial score (nSPS) is 11.8. The van der Waals surface area contributed by atoms with Gasteiger partial charge in [0.05, 0.1) is 5.02 Å². The van der Waals surface area contributed by atoms with Crippen molar-refractivity contribution in [1.29, 1.82) is 0 Å². The van der Waals surface area contributed by atoms with Crippen molar-refractivity contribution in [2.75, 3.05) is 11.1 Å². The van der Waals surface area contributed by atoms with E-state index in [1.54, 1.807) is 11.8 Å². The monoisotopic (exact) mass is 349 g/mol. The molecule has 0 bridgehead atoms. The highest BCUT2D eigenvalue weighted by molar-refractivity contribution is 9.09. The summed E-state index contributed by atoms with van der Waals surface area (Å²) in [5.74, 6) is 1.08. The van der Waals surface area contributed by atoms with Crippen molar-refractivity contribution in [3.63, 3.8) is 0 Å². The lowest BCUT2D eigenvalue weighted by atomic mass is 9.83. The van der Waals surface area contributed by atoms with Crippen molar-refractivity contribution in [2.24, 2.45) is 5.41 Å². The molecule has 1 aromatic rings. The minimum absolute atomic E-state index is 0.370. The van der Waals surface area contributed by atoms with Gasteiger partial charge in [0.2, 0.25) is 0 Å².